The lowest BCUT2D eigenvalue weighted by molar-refractivity contribution is -0.138. The van der Waals surface area contributed by atoms with Crippen molar-refractivity contribution in [2.45, 2.75) is 45.0 Å². The molecule has 0 bridgehead atoms. The number of rotatable bonds is 4. The first kappa shape index (κ1) is 27.5. The second-order valence-electron chi connectivity index (χ2n) is 8.57. The van der Waals surface area contributed by atoms with E-state index in [9.17, 15) is 26.3 Å². The first-order valence-corrected chi connectivity index (χ1v) is 11.0. The summed E-state index contributed by atoms with van der Waals surface area (Å²) in [6, 6.07) is 6.86. The quantitative estimate of drug-likeness (QED) is 0.375. The fourth-order valence-electron chi connectivity index (χ4n) is 3.94. The second kappa shape index (κ2) is 10.5. The molecule has 0 aliphatic carbocycles. The molecule has 0 radical (unpaired) electrons. The molecular weight excluding hydrogens is 508 g/mol. The normalized spacial score (nSPS) is 14.2. The van der Waals surface area contributed by atoms with E-state index in [2.05, 4.69) is 20.3 Å². The number of pyridine rings is 1. The van der Waals surface area contributed by atoms with Gasteiger partial charge in [-0.25, -0.2) is 15.0 Å². The lowest BCUT2D eigenvalue weighted by atomic mass is 10.1. The molecule has 0 atom stereocenters. The number of halogens is 7. The highest BCUT2D eigenvalue weighted by atomic mass is 35.5. The van der Waals surface area contributed by atoms with Crippen LogP contribution in [0.15, 0.2) is 42.6 Å². The molecule has 1 aliphatic rings. The minimum Gasteiger partial charge on any atom is -0.355 e. The number of hydrogen-bond donors (Lipinski definition) is 1. The predicted octanol–water partition coefficient (Wildman–Crippen LogP) is 6.80. The summed E-state index contributed by atoms with van der Waals surface area (Å²) in [7, 11) is 0. The fourth-order valence-corrected chi connectivity index (χ4v) is 3.94. The van der Waals surface area contributed by atoms with Crippen molar-refractivity contribution in [1.29, 1.82) is 0 Å². The summed E-state index contributed by atoms with van der Waals surface area (Å²) in [5.74, 6) is 0.820. The van der Waals surface area contributed by atoms with E-state index < -0.39 is 23.5 Å². The number of alkyl halides is 6. The highest BCUT2D eigenvalue weighted by Gasteiger charge is 2.36. The van der Waals surface area contributed by atoms with E-state index in [1.54, 1.807) is 4.90 Å². The lowest BCUT2D eigenvalue weighted by Crippen LogP contribution is -2.29. The lowest BCUT2D eigenvalue weighted by Gasteiger charge is -2.24. The maximum Gasteiger partial charge on any atom is 0.419 e. The Morgan fingerprint density at radius 2 is 1.56 bits per heavy atom. The molecule has 0 saturated carbocycles. The first-order valence-electron chi connectivity index (χ1n) is 11.0. The van der Waals surface area contributed by atoms with Gasteiger partial charge in [0.25, 0.3) is 0 Å². The molecule has 4 rings (SSSR count). The molecule has 1 aromatic carbocycles. The summed E-state index contributed by atoms with van der Waals surface area (Å²) in [5.41, 5.74) is 0.270. The van der Waals surface area contributed by atoms with Gasteiger partial charge >= 0.3 is 12.4 Å². The molecule has 3 aromatic rings. The van der Waals surface area contributed by atoms with E-state index in [-0.39, 0.29) is 37.2 Å². The Balaban J connectivity index is 0.00000361. The van der Waals surface area contributed by atoms with Crippen LogP contribution in [0.4, 0.5) is 43.7 Å². The third-order valence-electron chi connectivity index (χ3n) is 5.74. The summed E-state index contributed by atoms with van der Waals surface area (Å²) in [4.78, 5) is 14.8. The zero-order valence-corrected chi connectivity index (χ0v) is 20.2. The van der Waals surface area contributed by atoms with Gasteiger partial charge in [0.05, 0.1) is 16.8 Å². The Kier molecular flexibility index (Phi) is 8.02. The van der Waals surface area contributed by atoms with Gasteiger partial charge in [0.2, 0.25) is 0 Å². The maximum atomic E-state index is 13.5. The molecule has 0 saturated heterocycles. The van der Waals surface area contributed by atoms with Crippen LogP contribution in [0.2, 0.25) is 0 Å². The third kappa shape index (κ3) is 6.00. The van der Waals surface area contributed by atoms with Gasteiger partial charge in [-0.2, -0.15) is 26.3 Å². The molecule has 5 nitrogen and oxygen atoms in total. The molecule has 36 heavy (non-hydrogen) atoms. The average Bonchev–Trinajstić information content (AvgIpc) is 3.01. The number of aromatic nitrogens is 3. The monoisotopic (exact) mass is 531 g/mol. The minimum absolute atomic E-state index is 0. The van der Waals surface area contributed by atoms with E-state index in [1.807, 2.05) is 13.8 Å². The van der Waals surface area contributed by atoms with Crippen LogP contribution in [0.5, 0.6) is 0 Å². The number of fused-ring (bicyclic) bond motifs is 1. The minimum atomic E-state index is -4.54. The molecule has 0 unspecified atom stereocenters. The number of nitrogens with zero attached hydrogens (tertiary/aromatic N) is 4. The molecular formula is C24H24ClF6N5. The van der Waals surface area contributed by atoms with Gasteiger partial charge < -0.3 is 10.2 Å². The van der Waals surface area contributed by atoms with E-state index >= 15 is 0 Å². The molecule has 1 aliphatic heterocycles. The van der Waals surface area contributed by atoms with E-state index in [4.69, 9.17) is 0 Å². The van der Waals surface area contributed by atoms with Crippen LogP contribution in [0.3, 0.4) is 0 Å². The summed E-state index contributed by atoms with van der Waals surface area (Å²) in [6.45, 7) is 4.35. The number of hydrogen-bond acceptors (Lipinski definition) is 5. The Bertz CT molecular complexity index is 1200. The van der Waals surface area contributed by atoms with Crippen molar-refractivity contribution in [3.8, 4) is 0 Å². The summed E-state index contributed by atoms with van der Waals surface area (Å²) >= 11 is 0. The highest BCUT2D eigenvalue weighted by molar-refractivity contribution is 5.85. The van der Waals surface area contributed by atoms with Gasteiger partial charge in [-0.05, 0) is 42.8 Å². The largest absolute Gasteiger partial charge is 0.419 e. The number of anilines is 3. The van der Waals surface area contributed by atoms with Gasteiger partial charge in [-0.1, -0.05) is 13.8 Å². The molecule has 194 valence electrons. The van der Waals surface area contributed by atoms with Crippen LogP contribution in [-0.2, 0) is 25.2 Å². The third-order valence-corrected chi connectivity index (χ3v) is 5.74. The highest BCUT2D eigenvalue weighted by Crippen LogP contribution is 2.36. The van der Waals surface area contributed by atoms with Crippen LogP contribution in [-0.4, -0.2) is 28.0 Å². The Morgan fingerprint density at radius 3 is 2.17 bits per heavy atom. The van der Waals surface area contributed by atoms with Crippen LogP contribution in [0.1, 0.15) is 48.0 Å². The number of nitrogens with one attached hydrogen (secondary N) is 1. The topological polar surface area (TPSA) is 53.9 Å². The summed E-state index contributed by atoms with van der Waals surface area (Å²) in [5, 5.41) is 3.09. The maximum absolute atomic E-state index is 13.5. The van der Waals surface area contributed by atoms with Crippen molar-refractivity contribution in [2.24, 2.45) is 0 Å². The zero-order valence-electron chi connectivity index (χ0n) is 19.4. The van der Waals surface area contributed by atoms with E-state index in [0.717, 1.165) is 23.8 Å². The van der Waals surface area contributed by atoms with Crippen molar-refractivity contribution in [2.75, 3.05) is 23.3 Å². The summed E-state index contributed by atoms with van der Waals surface area (Å²) in [6.07, 6.45) is -6.95. The van der Waals surface area contributed by atoms with Gasteiger partial charge in [-0.15, -0.1) is 12.4 Å². The summed E-state index contributed by atoms with van der Waals surface area (Å²) < 4.78 is 79.4. The predicted molar refractivity (Wildman–Crippen MR) is 127 cm³/mol. The van der Waals surface area contributed by atoms with Crippen LogP contribution in [0, 0.1) is 0 Å². The molecule has 0 spiro atoms. The van der Waals surface area contributed by atoms with Gasteiger partial charge in [0.1, 0.15) is 17.5 Å². The van der Waals surface area contributed by atoms with Gasteiger partial charge in [-0.3, -0.25) is 0 Å². The second-order valence-corrected chi connectivity index (χ2v) is 8.57. The smallest absolute Gasteiger partial charge is 0.355 e. The van der Waals surface area contributed by atoms with E-state index in [0.29, 0.717) is 35.9 Å². The van der Waals surface area contributed by atoms with Crippen molar-refractivity contribution < 1.29 is 26.3 Å². The molecule has 12 heteroatoms. The Hall–Kier alpha value is -3.08. The standard InChI is InChI=1S/C24H23F6N5.ClH/c1-14(2)20-33-19-10-13-35(22-18(24(28,29)30)4-3-11-31-22)12-9-17(19)21(34-20)32-16-7-5-15(6-8-16)23(25,26)27;/h3-8,11,14H,9-10,12-13H2,1-2H3,(H,32,33,34);1H. The molecule has 2 aromatic heterocycles. The molecule has 3 heterocycles. The van der Waals surface area contributed by atoms with Crippen LogP contribution >= 0.6 is 12.4 Å². The van der Waals surface area contributed by atoms with Crippen molar-refractivity contribution in [3.05, 3.63) is 70.8 Å². The van der Waals surface area contributed by atoms with Crippen molar-refractivity contribution >= 4 is 29.7 Å². The number of benzene rings is 1. The van der Waals surface area contributed by atoms with Crippen molar-refractivity contribution in [3.63, 3.8) is 0 Å². The Morgan fingerprint density at radius 1 is 0.889 bits per heavy atom. The van der Waals surface area contributed by atoms with Crippen molar-refractivity contribution in [1.82, 2.24) is 15.0 Å². The van der Waals surface area contributed by atoms with Gasteiger partial charge in [0, 0.05) is 42.9 Å². The molecule has 0 fully saturated rings. The zero-order chi connectivity index (χ0) is 25.4. The fraction of sp³-hybridized carbons (Fsp3) is 0.375. The van der Waals surface area contributed by atoms with Crippen LogP contribution in [0.25, 0.3) is 0 Å². The first-order chi connectivity index (χ1) is 16.4. The SMILES string of the molecule is CC(C)c1nc2c(c(Nc3ccc(C(F)(F)F)cc3)n1)CCN(c1ncccc1C(F)(F)F)CC2.Cl. The van der Waals surface area contributed by atoms with Crippen LogP contribution < -0.4 is 10.2 Å². The molecule has 1 N–H and O–H groups in total. The Labute approximate surface area is 210 Å². The van der Waals surface area contributed by atoms with E-state index in [1.165, 1.54) is 24.4 Å². The molecule has 0 amide bonds. The average molecular weight is 532 g/mol. The van der Waals surface area contributed by atoms with Gasteiger partial charge in [0.15, 0.2) is 0 Å².